The number of nitrogens with one attached hydrogen (secondary N) is 1. The summed E-state index contributed by atoms with van der Waals surface area (Å²) in [7, 11) is 0. The normalized spacial score (nSPS) is 14.2. The number of nitrogens with zero attached hydrogens (tertiary/aromatic N) is 1. The highest BCUT2D eigenvalue weighted by molar-refractivity contribution is 5.94. The minimum Gasteiger partial charge on any atom is -0.506 e. The topological polar surface area (TPSA) is 82.5 Å². The number of aliphatic hydroxyl groups excluding tert-OH is 1. The Labute approximate surface area is 94.1 Å². The Kier molecular flexibility index (Phi) is 3.84. The summed E-state index contributed by atoms with van der Waals surface area (Å²) >= 11 is 0. The Morgan fingerprint density at radius 2 is 2.25 bits per heavy atom. The predicted molar refractivity (Wildman–Crippen MR) is 59.1 cm³/mol. The molecule has 1 amide bonds. The van der Waals surface area contributed by atoms with E-state index in [4.69, 9.17) is 5.11 Å². The summed E-state index contributed by atoms with van der Waals surface area (Å²) in [5, 5.41) is 21.0. The van der Waals surface area contributed by atoms with E-state index >= 15 is 0 Å². The zero-order chi connectivity index (χ0) is 12.2. The average molecular weight is 224 g/mol. The van der Waals surface area contributed by atoms with Gasteiger partial charge in [0.1, 0.15) is 5.75 Å². The Morgan fingerprint density at radius 1 is 1.56 bits per heavy atom. The molecule has 0 saturated heterocycles. The van der Waals surface area contributed by atoms with Crippen molar-refractivity contribution < 1.29 is 15.0 Å². The van der Waals surface area contributed by atoms with Crippen molar-refractivity contribution in [1.29, 1.82) is 0 Å². The van der Waals surface area contributed by atoms with Crippen molar-refractivity contribution in [3.63, 3.8) is 0 Å². The molecule has 1 atom stereocenters. The van der Waals surface area contributed by atoms with Crippen molar-refractivity contribution in [3.05, 3.63) is 24.0 Å². The summed E-state index contributed by atoms with van der Waals surface area (Å²) < 4.78 is 0. The fraction of sp³-hybridized carbons (Fsp3) is 0.455. The first-order chi connectivity index (χ1) is 7.50. The number of amides is 1. The fourth-order valence-electron chi connectivity index (χ4n) is 1.14. The van der Waals surface area contributed by atoms with E-state index in [1.54, 1.807) is 6.92 Å². The van der Waals surface area contributed by atoms with Gasteiger partial charge in [0.15, 0.2) is 0 Å². The molecule has 1 unspecified atom stereocenters. The molecule has 3 N–H and O–H groups in total. The van der Waals surface area contributed by atoms with Gasteiger partial charge in [0.2, 0.25) is 0 Å². The van der Waals surface area contributed by atoms with Gasteiger partial charge in [-0.3, -0.25) is 9.78 Å². The van der Waals surface area contributed by atoms with Crippen molar-refractivity contribution in [1.82, 2.24) is 10.3 Å². The Balaban J connectivity index is 2.80. The van der Waals surface area contributed by atoms with Crippen molar-refractivity contribution in [3.8, 4) is 5.75 Å². The van der Waals surface area contributed by atoms with Crippen LogP contribution in [0, 0.1) is 0 Å². The third-order valence-electron chi connectivity index (χ3n) is 2.53. The second-order valence-corrected chi connectivity index (χ2v) is 3.96. The van der Waals surface area contributed by atoms with Gasteiger partial charge in [0.05, 0.1) is 23.9 Å². The van der Waals surface area contributed by atoms with Crippen LogP contribution >= 0.6 is 0 Å². The van der Waals surface area contributed by atoms with Crippen molar-refractivity contribution in [2.24, 2.45) is 0 Å². The molecule has 0 radical (unpaired) electrons. The highest BCUT2D eigenvalue weighted by Gasteiger charge is 2.23. The largest absolute Gasteiger partial charge is 0.506 e. The predicted octanol–water partition coefficient (Wildman–Crippen LogP) is 0.678. The van der Waals surface area contributed by atoms with E-state index in [1.165, 1.54) is 18.5 Å². The third kappa shape index (κ3) is 2.93. The number of hydrogen-bond donors (Lipinski definition) is 3. The zero-order valence-corrected chi connectivity index (χ0v) is 9.40. The highest BCUT2D eigenvalue weighted by atomic mass is 16.3. The molecule has 0 bridgehead atoms. The molecule has 0 aliphatic rings. The summed E-state index contributed by atoms with van der Waals surface area (Å²) in [5.74, 6) is -0.420. The Hall–Kier alpha value is -1.62. The minimum atomic E-state index is -0.650. The first-order valence-electron chi connectivity index (χ1n) is 5.08. The molecule has 0 saturated carbocycles. The van der Waals surface area contributed by atoms with E-state index in [2.05, 4.69) is 10.3 Å². The zero-order valence-electron chi connectivity index (χ0n) is 9.40. The molecule has 5 nitrogen and oxygen atoms in total. The molecule has 1 aromatic heterocycles. The molecule has 0 aliphatic carbocycles. The molecule has 0 aromatic carbocycles. The molecule has 88 valence electrons. The van der Waals surface area contributed by atoms with E-state index in [9.17, 15) is 9.90 Å². The number of carbonyl (C=O) groups excluding carboxylic acids is 1. The van der Waals surface area contributed by atoms with E-state index in [0.29, 0.717) is 6.42 Å². The number of pyridine rings is 1. The lowest BCUT2D eigenvalue weighted by molar-refractivity contribution is 0.0846. The highest BCUT2D eigenvalue weighted by Crippen LogP contribution is 2.12. The van der Waals surface area contributed by atoms with Gasteiger partial charge in [-0.15, -0.1) is 0 Å². The molecule has 0 aliphatic heterocycles. The maximum Gasteiger partial charge on any atom is 0.253 e. The van der Waals surface area contributed by atoms with Crippen LogP contribution in [0.1, 0.15) is 30.6 Å². The number of hydrogen-bond acceptors (Lipinski definition) is 4. The van der Waals surface area contributed by atoms with Gasteiger partial charge in [0.25, 0.3) is 5.91 Å². The lowest BCUT2D eigenvalue weighted by Crippen LogP contribution is -2.48. The molecule has 0 spiro atoms. The fourth-order valence-corrected chi connectivity index (χ4v) is 1.14. The summed E-state index contributed by atoms with van der Waals surface area (Å²) in [6.45, 7) is 3.49. The van der Waals surface area contributed by atoms with Crippen LogP contribution in [-0.4, -0.2) is 33.3 Å². The number of aromatic hydroxyl groups is 1. The average Bonchev–Trinajstić information content (AvgIpc) is 2.29. The van der Waals surface area contributed by atoms with Crippen LogP contribution < -0.4 is 5.32 Å². The second-order valence-electron chi connectivity index (χ2n) is 3.96. The van der Waals surface area contributed by atoms with Crippen molar-refractivity contribution in [2.45, 2.75) is 25.8 Å². The van der Waals surface area contributed by atoms with E-state index in [-0.39, 0.29) is 23.8 Å². The van der Waals surface area contributed by atoms with Gasteiger partial charge in [-0.05, 0) is 19.4 Å². The van der Waals surface area contributed by atoms with E-state index < -0.39 is 5.54 Å². The molecule has 1 rings (SSSR count). The first-order valence-corrected chi connectivity index (χ1v) is 5.08. The number of carbonyl (C=O) groups is 1. The maximum absolute atomic E-state index is 11.8. The summed E-state index contributed by atoms with van der Waals surface area (Å²) in [5.41, 5.74) is -0.379. The van der Waals surface area contributed by atoms with Gasteiger partial charge < -0.3 is 15.5 Å². The molecule has 0 fully saturated rings. The van der Waals surface area contributed by atoms with Crippen LogP contribution in [0.5, 0.6) is 5.75 Å². The molecule has 5 heteroatoms. The summed E-state index contributed by atoms with van der Waals surface area (Å²) in [6, 6.07) is 1.33. The van der Waals surface area contributed by atoms with Crippen LogP contribution in [0.15, 0.2) is 18.5 Å². The van der Waals surface area contributed by atoms with Gasteiger partial charge in [-0.1, -0.05) is 6.92 Å². The molecule has 1 aromatic rings. The van der Waals surface area contributed by atoms with Gasteiger partial charge in [-0.25, -0.2) is 0 Å². The number of aliphatic hydroxyl groups is 1. The number of aromatic nitrogens is 1. The van der Waals surface area contributed by atoms with Crippen LogP contribution in [0.3, 0.4) is 0 Å². The van der Waals surface area contributed by atoms with Crippen LogP contribution in [0.4, 0.5) is 0 Å². The van der Waals surface area contributed by atoms with Gasteiger partial charge in [-0.2, -0.15) is 0 Å². The summed E-state index contributed by atoms with van der Waals surface area (Å²) in [6.07, 6.45) is 3.23. The quantitative estimate of drug-likeness (QED) is 0.702. The van der Waals surface area contributed by atoms with Crippen molar-refractivity contribution in [2.75, 3.05) is 6.61 Å². The SMILES string of the molecule is CCC(C)(CO)NC(=O)c1cncc(O)c1. The molecular formula is C11H16N2O3. The van der Waals surface area contributed by atoms with Crippen LogP contribution in [0.25, 0.3) is 0 Å². The molecular weight excluding hydrogens is 208 g/mol. The third-order valence-corrected chi connectivity index (χ3v) is 2.53. The lowest BCUT2D eigenvalue weighted by atomic mass is 10.00. The second kappa shape index (κ2) is 4.94. The monoisotopic (exact) mass is 224 g/mol. The lowest BCUT2D eigenvalue weighted by Gasteiger charge is -2.27. The van der Waals surface area contributed by atoms with Gasteiger partial charge in [0, 0.05) is 6.20 Å². The summed E-state index contributed by atoms with van der Waals surface area (Å²) in [4.78, 5) is 15.5. The maximum atomic E-state index is 11.8. The van der Waals surface area contributed by atoms with Gasteiger partial charge >= 0.3 is 0 Å². The number of rotatable bonds is 4. The Bertz CT molecular complexity index is 375. The van der Waals surface area contributed by atoms with E-state index in [0.717, 1.165) is 0 Å². The van der Waals surface area contributed by atoms with Crippen LogP contribution in [-0.2, 0) is 0 Å². The Morgan fingerprint density at radius 3 is 2.75 bits per heavy atom. The minimum absolute atomic E-state index is 0.0603. The smallest absolute Gasteiger partial charge is 0.253 e. The first kappa shape index (κ1) is 12.4. The van der Waals surface area contributed by atoms with E-state index in [1.807, 2.05) is 6.92 Å². The van der Waals surface area contributed by atoms with Crippen molar-refractivity contribution >= 4 is 5.91 Å². The standard InChI is InChI=1S/C11H16N2O3/c1-3-11(2,7-14)13-10(16)8-4-9(15)6-12-5-8/h4-6,14-15H,3,7H2,1-2H3,(H,13,16). The molecule has 1 heterocycles. The van der Waals surface area contributed by atoms with Crippen LogP contribution in [0.2, 0.25) is 0 Å². The molecule has 16 heavy (non-hydrogen) atoms.